The molecule has 0 aliphatic rings. The van der Waals surface area contributed by atoms with Gasteiger partial charge in [0, 0.05) is 0 Å². The summed E-state index contributed by atoms with van der Waals surface area (Å²) < 4.78 is 19.4. The average Bonchev–Trinajstić information content (AvgIpc) is 2.68. The molecular weight excluding hydrogens is 277 g/mol. The molecule has 0 amide bonds. The van der Waals surface area contributed by atoms with Gasteiger partial charge in [-0.15, -0.1) is 0 Å². The Morgan fingerprint density at radius 2 is 2.25 bits per heavy atom. The van der Waals surface area contributed by atoms with Crippen LogP contribution in [0.1, 0.15) is 0 Å². The van der Waals surface area contributed by atoms with Crippen molar-refractivity contribution in [3.05, 3.63) is 28.6 Å². The summed E-state index contributed by atoms with van der Waals surface area (Å²) in [6.07, 6.45) is 1.46. The van der Waals surface area contributed by atoms with Gasteiger partial charge in [-0.05, 0) is 28.1 Å². The third-order valence-electron chi connectivity index (χ3n) is 2.21. The first-order valence-corrected chi connectivity index (χ1v) is 5.25. The molecule has 0 saturated heterocycles. The molecule has 0 fully saturated rings. The first-order chi connectivity index (χ1) is 7.65. The maximum Gasteiger partial charge on any atom is 0.149 e. The number of ether oxygens (including phenoxy) is 1. The Kier molecular flexibility index (Phi) is 2.82. The highest BCUT2D eigenvalue weighted by Gasteiger charge is 2.18. The Labute approximate surface area is 99.7 Å². The number of benzene rings is 1. The SMILES string of the molecule is COc1ccc(Br)c(F)c1-c1cn[nH]c1N. The van der Waals surface area contributed by atoms with E-state index >= 15 is 0 Å². The molecule has 2 rings (SSSR count). The third-order valence-corrected chi connectivity index (χ3v) is 2.83. The number of nitrogens with one attached hydrogen (secondary N) is 1. The second-order valence-electron chi connectivity index (χ2n) is 3.14. The van der Waals surface area contributed by atoms with Gasteiger partial charge in [0.25, 0.3) is 0 Å². The number of aromatic nitrogens is 2. The van der Waals surface area contributed by atoms with E-state index in [2.05, 4.69) is 26.1 Å². The Morgan fingerprint density at radius 1 is 1.50 bits per heavy atom. The fourth-order valence-electron chi connectivity index (χ4n) is 1.45. The Morgan fingerprint density at radius 3 is 2.81 bits per heavy atom. The van der Waals surface area contributed by atoms with E-state index in [9.17, 15) is 4.39 Å². The summed E-state index contributed by atoms with van der Waals surface area (Å²) in [4.78, 5) is 0. The van der Waals surface area contributed by atoms with Crippen LogP contribution in [0, 0.1) is 5.82 Å². The number of halogens is 2. The zero-order chi connectivity index (χ0) is 11.7. The summed E-state index contributed by atoms with van der Waals surface area (Å²) in [5.41, 5.74) is 6.44. The van der Waals surface area contributed by atoms with Crippen molar-refractivity contribution in [2.75, 3.05) is 12.8 Å². The van der Waals surface area contributed by atoms with Gasteiger partial charge in [0.05, 0.1) is 28.9 Å². The molecule has 6 heteroatoms. The monoisotopic (exact) mass is 285 g/mol. The van der Waals surface area contributed by atoms with Crippen molar-refractivity contribution >= 4 is 21.7 Å². The molecule has 0 aliphatic carbocycles. The van der Waals surface area contributed by atoms with Gasteiger partial charge in [-0.25, -0.2) is 4.39 Å². The number of nitrogen functional groups attached to an aromatic ring is 1. The first kappa shape index (κ1) is 10.9. The summed E-state index contributed by atoms with van der Waals surface area (Å²) in [5.74, 6) is 0.288. The Balaban J connectivity index is 2.72. The second kappa shape index (κ2) is 4.13. The van der Waals surface area contributed by atoms with Crippen LogP contribution >= 0.6 is 15.9 Å². The van der Waals surface area contributed by atoms with Crippen LogP contribution < -0.4 is 10.5 Å². The highest BCUT2D eigenvalue weighted by molar-refractivity contribution is 9.10. The maximum absolute atomic E-state index is 14.0. The minimum absolute atomic E-state index is 0.295. The van der Waals surface area contributed by atoms with E-state index in [1.165, 1.54) is 13.3 Å². The van der Waals surface area contributed by atoms with Crippen molar-refractivity contribution < 1.29 is 9.13 Å². The molecule has 0 saturated carbocycles. The van der Waals surface area contributed by atoms with Gasteiger partial charge in [0.2, 0.25) is 0 Å². The largest absolute Gasteiger partial charge is 0.496 e. The third kappa shape index (κ3) is 1.65. The second-order valence-corrected chi connectivity index (χ2v) is 3.99. The van der Waals surface area contributed by atoms with Gasteiger partial charge in [0.15, 0.2) is 0 Å². The van der Waals surface area contributed by atoms with Crippen molar-refractivity contribution in [3.63, 3.8) is 0 Å². The molecule has 1 heterocycles. The van der Waals surface area contributed by atoms with Crippen LogP contribution in [0.25, 0.3) is 11.1 Å². The molecule has 84 valence electrons. The van der Waals surface area contributed by atoms with E-state index in [4.69, 9.17) is 10.5 Å². The average molecular weight is 286 g/mol. The molecule has 0 unspecified atom stereocenters. The van der Waals surface area contributed by atoms with Crippen molar-refractivity contribution in [2.45, 2.75) is 0 Å². The number of anilines is 1. The van der Waals surface area contributed by atoms with Crippen molar-refractivity contribution in [1.29, 1.82) is 0 Å². The quantitative estimate of drug-likeness (QED) is 0.891. The van der Waals surface area contributed by atoms with Gasteiger partial charge in [0.1, 0.15) is 17.4 Å². The van der Waals surface area contributed by atoms with Crippen molar-refractivity contribution in [1.82, 2.24) is 10.2 Å². The topological polar surface area (TPSA) is 63.9 Å². The van der Waals surface area contributed by atoms with E-state index < -0.39 is 5.82 Å². The first-order valence-electron chi connectivity index (χ1n) is 4.46. The van der Waals surface area contributed by atoms with Crippen LogP contribution in [0.3, 0.4) is 0 Å². The Hall–Kier alpha value is -1.56. The maximum atomic E-state index is 14.0. The number of rotatable bonds is 2. The molecule has 16 heavy (non-hydrogen) atoms. The highest BCUT2D eigenvalue weighted by atomic mass is 79.9. The number of methoxy groups -OCH3 is 1. The molecule has 0 spiro atoms. The lowest BCUT2D eigenvalue weighted by molar-refractivity contribution is 0.413. The molecule has 1 aromatic carbocycles. The molecule has 0 atom stereocenters. The van der Waals surface area contributed by atoms with Crippen LogP contribution in [0.5, 0.6) is 5.75 Å². The summed E-state index contributed by atoms with van der Waals surface area (Å²) in [7, 11) is 1.47. The fourth-order valence-corrected chi connectivity index (χ4v) is 1.78. The van der Waals surface area contributed by atoms with Crippen molar-refractivity contribution in [3.8, 4) is 16.9 Å². The number of nitrogens with zero attached hydrogens (tertiary/aromatic N) is 1. The van der Waals surface area contributed by atoms with Gasteiger partial charge in [-0.3, -0.25) is 5.10 Å². The van der Waals surface area contributed by atoms with Gasteiger partial charge in [-0.1, -0.05) is 0 Å². The molecule has 1 aromatic heterocycles. The lowest BCUT2D eigenvalue weighted by Crippen LogP contribution is -1.95. The van der Waals surface area contributed by atoms with Crippen LogP contribution in [-0.2, 0) is 0 Å². The lowest BCUT2D eigenvalue weighted by Gasteiger charge is -2.09. The summed E-state index contributed by atoms with van der Waals surface area (Å²) in [6.45, 7) is 0. The molecule has 0 radical (unpaired) electrons. The number of hydrogen-bond donors (Lipinski definition) is 2. The highest BCUT2D eigenvalue weighted by Crippen LogP contribution is 2.37. The molecule has 0 bridgehead atoms. The summed E-state index contributed by atoms with van der Waals surface area (Å²) in [5, 5.41) is 6.31. The predicted molar refractivity (Wildman–Crippen MR) is 62.6 cm³/mol. The van der Waals surface area contributed by atoms with E-state index in [1.54, 1.807) is 12.1 Å². The van der Waals surface area contributed by atoms with E-state index in [0.717, 1.165) is 0 Å². The molecule has 2 aromatic rings. The lowest BCUT2D eigenvalue weighted by atomic mass is 10.1. The fraction of sp³-hybridized carbons (Fsp3) is 0.100. The van der Waals surface area contributed by atoms with Crippen molar-refractivity contribution in [2.24, 2.45) is 0 Å². The summed E-state index contributed by atoms with van der Waals surface area (Å²) in [6, 6.07) is 3.24. The van der Waals surface area contributed by atoms with Crippen LogP contribution in [0.15, 0.2) is 22.8 Å². The van der Waals surface area contributed by atoms with Gasteiger partial charge >= 0.3 is 0 Å². The van der Waals surface area contributed by atoms with Gasteiger partial charge in [-0.2, -0.15) is 5.10 Å². The molecule has 0 aliphatic heterocycles. The van der Waals surface area contributed by atoms with Crippen LogP contribution in [-0.4, -0.2) is 17.3 Å². The minimum atomic E-state index is -0.424. The number of aromatic amines is 1. The van der Waals surface area contributed by atoms with Gasteiger partial charge < -0.3 is 10.5 Å². The predicted octanol–water partition coefficient (Wildman–Crippen LogP) is 2.57. The molecular formula is C10H9BrFN3O. The molecule has 3 N–H and O–H groups in total. The Bertz CT molecular complexity index is 527. The number of H-pyrrole nitrogens is 1. The number of nitrogens with two attached hydrogens (primary N) is 1. The van der Waals surface area contributed by atoms with E-state index in [0.29, 0.717) is 27.2 Å². The van der Waals surface area contributed by atoms with Crippen LogP contribution in [0.4, 0.5) is 10.2 Å². The normalized spacial score (nSPS) is 10.4. The standard InChI is InChI=1S/C10H9BrFN3O/c1-16-7-3-2-6(11)9(12)8(7)5-4-14-15-10(5)13/h2-4H,1H3,(H3,13,14,15). The summed E-state index contributed by atoms with van der Waals surface area (Å²) >= 11 is 3.12. The number of hydrogen-bond acceptors (Lipinski definition) is 3. The zero-order valence-corrected chi connectivity index (χ0v) is 10.0. The van der Waals surface area contributed by atoms with E-state index in [1.807, 2.05) is 0 Å². The van der Waals surface area contributed by atoms with Crippen LogP contribution in [0.2, 0.25) is 0 Å². The minimum Gasteiger partial charge on any atom is -0.496 e. The molecule has 4 nitrogen and oxygen atoms in total. The zero-order valence-electron chi connectivity index (χ0n) is 8.42. The smallest absolute Gasteiger partial charge is 0.149 e. The van der Waals surface area contributed by atoms with E-state index in [-0.39, 0.29) is 0 Å².